The molecule has 2 aliphatic heterocycles. The highest BCUT2D eigenvalue weighted by atomic mass is 79.9. The number of ketones is 6. The number of Topliss-reactive ketones (excluding diaryl/α,β-unsaturated/α-hetero) is 6. The number of allylic oxidation sites excluding steroid dienone is 6. The smallest absolute Gasteiger partial charge is 0.229 e. The van der Waals surface area contributed by atoms with Crippen LogP contribution in [0.15, 0.2) is 123 Å². The monoisotopic (exact) mass is 805 g/mol. The van der Waals surface area contributed by atoms with Crippen LogP contribution >= 0.6 is 15.9 Å². The quantitative estimate of drug-likeness (QED) is 0.222. The number of benzene rings is 3. The lowest BCUT2D eigenvalue weighted by Gasteiger charge is -2.43. The van der Waals surface area contributed by atoms with Crippen LogP contribution in [0.4, 0.5) is 0 Å². The van der Waals surface area contributed by atoms with E-state index in [2.05, 4.69) is 26.1 Å². The molecule has 4 aromatic rings. The Hall–Kier alpha value is -5.94. The van der Waals surface area contributed by atoms with Crippen molar-refractivity contribution in [3.05, 3.63) is 157 Å². The molecule has 5 unspecified atom stereocenters. The van der Waals surface area contributed by atoms with Crippen LogP contribution in [0.5, 0.6) is 0 Å². The summed E-state index contributed by atoms with van der Waals surface area (Å²) in [6.45, 7) is 1.94. The van der Waals surface area contributed by atoms with Gasteiger partial charge in [-0.2, -0.15) is 5.10 Å². The van der Waals surface area contributed by atoms with Crippen LogP contribution in [0.2, 0.25) is 0 Å². The van der Waals surface area contributed by atoms with E-state index < -0.39 is 40.7 Å². The van der Waals surface area contributed by atoms with E-state index >= 15 is 0 Å². The minimum absolute atomic E-state index is 0.0447. The summed E-state index contributed by atoms with van der Waals surface area (Å²) in [5.41, 5.74) is 3.32. The fourth-order valence-electron chi connectivity index (χ4n) is 9.75. The van der Waals surface area contributed by atoms with Gasteiger partial charge in [0.1, 0.15) is 22.9 Å². The molecular formula is C45H32BrN3O7. The average molecular weight is 807 g/mol. The largest absolute Gasteiger partial charge is 0.457 e. The van der Waals surface area contributed by atoms with Gasteiger partial charge in [0.25, 0.3) is 0 Å². The lowest BCUT2D eigenvalue weighted by atomic mass is 9.60. The van der Waals surface area contributed by atoms with Gasteiger partial charge in [-0.3, -0.25) is 38.9 Å². The number of nitrogens with one attached hydrogen (secondary N) is 1. The first-order valence-electron chi connectivity index (χ1n) is 18.7. The molecule has 4 aliphatic carbocycles. The Bertz CT molecular complexity index is 2650. The SMILES string of the molecule is CC1(Cc2ccc3c(c2)C(=O)C2=C(C3=O)C(c3ccc(Br)cc3)C3=C(CCCC3=O)O2)C=C2N=C3C(=O)c4[nH]ncc4C(=O)C3C(c3ccccc3)C2C(=O)C1. The second-order valence-electron chi connectivity index (χ2n) is 15.8. The molecule has 0 amide bonds. The molecule has 0 fully saturated rings. The third-order valence-electron chi connectivity index (χ3n) is 12.1. The van der Waals surface area contributed by atoms with Crippen LogP contribution in [-0.2, 0) is 20.7 Å². The normalized spacial score (nSPS) is 26.7. The third kappa shape index (κ3) is 5.13. The Morgan fingerprint density at radius 1 is 0.821 bits per heavy atom. The molecule has 0 spiro atoms. The van der Waals surface area contributed by atoms with Crippen LogP contribution < -0.4 is 0 Å². The summed E-state index contributed by atoms with van der Waals surface area (Å²) in [5, 5.41) is 6.63. The van der Waals surface area contributed by atoms with Gasteiger partial charge in [-0.1, -0.05) is 83.5 Å². The summed E-state index contributed by atoms with van der Waals surface area (Å²) in [5.74, 6) is -4.33. The molecule has 276 valence electrons. The molecule has 3 heterocycles. The number of fused-ring (bicyclic) bond motifs is 4. The van der Waals surface area contributed by atoms with Gasteiger partial charge in [0, 0.05) is 58.0 Å². The van der Waals surface area contributed by atoms with Crippen LogP contribution in [-0.4, -0.2) is 50.6 Å². The van der Waals surface area contributed by atoms with Gasteiger partial charge in [-0.05, 0) is 53.1 Å². The number of nitrogens with zero attached hydrogens (tertiary/aromatic N) is 2. The number of rotatable bonds is 4. The molecule has 0 saturated carbocycles. The van der Waals surface area contributed by atoms with Crippen LogP contribution in [0.25, 0.3) is 0 Å². The lowest BCUT2D eigenvalue weighted by Crippen LogP contribution is -2.49. The second-order valence-corrected chi connectivity index (χ2v) is 16.7. The average Bonchev–Trinajstić information content (AvgIpc) is 3.69. The predicted molar refractivity (Wildman–Crippen MR) is 206 cm³/mol. The van der Waals surface area contributed by atoms with Crippen molar-refractivity contribution < 1.29 is 33.5 Å². The highest BCUT2D eigenvalue weighted by Gasteiger charge is 2.54. The molecule has 56 heavy (non-hydrogen) atoms. The van der Waals surface area contributed by atoms with E-state index in [1.807, 2.05) is 67.6 Å². The summed E-state index contributed by atoms with van der Waals surface area (Å²) in [6.07, 6.45) is 5.18. The third-order valence-corrected chi connectivity index (χ3v) is 12.7. The topological polar surface area (TPSA) is 153 Å². The number of carbonyl (C=O) groups is 6. The fraction of sp³-hybridized carbons (Fsp3) is 0.244. The second kappa shape index (κ2) is 12.5. The van der Waals surface area contributed by atoms with E-state index in [4.69, 9.17) is 9.73 Å². The van der Waals surface area contributed by atoms with Gasteiger partial charge < -0.3 is 4.74 Å². The van der Waals surface area contributed by atoms with Crippen molar-refractivity contribution >= 4 is 56.3 Å². The Morgan fingerprint density at radius 2 is 1.61 bits per heavy atom. The van der Waals surface area contributed by atoms with E-state index in [-0.39, 0.29) is 69.0 Å². The van der Waals surface area contributed by atoms with Crippen molar-refractivity contribution in [1.82, 2.24) is 10.2 Å². The van der Waals surface area contributed by atoms with Crippen LogP contribution in [0.3, 0.4) is 0 Å². The Morgan fingerprint density at radius 3 is 2.39 bits per heavy atom. The number of hydrogen-bond donors (Lipinski definition) is 1. The zero-order chi connectivity index (χ0) is 38.6. The number of carbonyl (C=O) groups excluding carboxylic acids is 6. The lowest BCUT2D eigenvalue weighted by molar-refractivity contribution is -0.125. The molecule has 10 rings (SSSR count). The van der Waals surface area contributed by atoms with Gasteiger partial charge in [0.15, 0.2) is 23.1 Å². The number of ether oxygens (including phenoxy) is 1. The molecule has 11 heteroatoms. The summed E-state index contributed by atoms with van der Waals surface area (Å²) in [4.78, 5) is 89.0. The molecule has 1 aromatic heterocycles. The summed E-state index contributed by atoms with van der Waals surface area (Å²) in [7, 11) is 0. The standard InChI is InChI=1S/C45H32BrN3O7/c1-45(18-28-34(30(51)19-45)32(22-6-3-2-4-7-22)36-39(48-28)43(55)38-27(41(36)53)20-47-49-38)17-21-10-15-25-26(16-21)42(54)44-37(40(25)52)33(23-11-13-24(46)14-12-23)35-29(50)8-5-9-31(35)56-44/h2-4,6-7,10-16,18,20,32-34,36H,5,8-9,17,19H2,1H3,(H,47,49). The van der Waals surface area contributed by atoms with Gasteiger partial charge in [-0.15, -0.1) is 0 Å². The van der Waals surface area contributed by atoms with Crippen molar-refractivity contribution in [2.45, 2.75) is 50.9 Å². The molecule has 0 radical (unpaired) electrons. The van der Waals surface area contributed by atoms with Crippen molar-refractivity contribution in [1.29, 1.82) is 0 Å². The van der Waals surface area contributed by atoms with Gasteiger partial charge in [-0.25, -0.2) is 0 Å². The highest BCUT2D eigenvalue weighted by Crippen LogP contribution is 2.52. The maximum Gasteiger partial charge on any atom is 0.229 e. The van der Waals surface area contributed by atoms with Crippen molar-refractivity contribution in [3.8, 4) is 0 Å². The molecule has 0 bridgehead atoms. The fourth-order valence-corrected chi connectivity index (χ4v) is 10.0. The number of aromatic nitrogens is 2. The van der Waals surface area contributed by atoms with Gasteiger partial charge in [0.2, 0.25) is 11.6 Å². The summed E-state index contributed by atoms with van der Waals surface area (Å²) in [6, 6.07) is 21.9. The molecule has 10 nitrogen and oxygen atoms in total. The van der Waals surface area contributed by atoms with Crippen LogP contribution in [0, 0.1) is 17.3 Å². The van der Waals surface area contributed by atoms with E-state index in [0.29, 0.717) is 42.7 Å². The first-order chi connectivity index (χ1) is 27.0. The number of halogens is 1. The highest BCUT2D eigenvalue weighted by molar-refractivity contribution is 9.10. The van der Waals surface area contributed by atoms with Crippen molar-refractivity contribution in [2.24, 2.45) is 22.2 Å². The minimum atomic E-state index is -0.933. The Balaban J connectivity index is 1.02. The molecule has 6 aliphatic rings. The molecule has 1 N–H and O–H groups in total. The zero-order valence-electron chi connectivity index (χ0n) is 30.1. The minimum Gasteiger partial charge on any atom is -0.457 e. The first kappa shape index (κ1) is 34.5. The Kier molecular flexibility index (Phi) is 7.74. The van der Waals surface area contributed by atoms with E-state index in [0.717, 1.165) is 21.2 Å². The molecule has 5 atom stereocenters. The van der Waals surface area contributed by atoms with Crippen molar-refractivity contribution in [3.63, 3.8) is 0 Å². The zero-order valence-corrected chi connectivity index (χ0v) is 31.6. The summed E-state index contributed by atoms with van der Waals surface area (Å²) >= 11 is 3.47. The number of aromatic amines is 1. The van der Waals surface area contributed by atoms with E-state index in [1.165, 1.54) is 6.20 Å². The van der Waals surface area contributed by atoms with E-state index in [9.17, 15) is 28.8 Å². The number of hydrogen-bond acceptors (Lipinski definition) is 9. The van der Waals surface area contributed by atoms with Gasteiger partial charge in [0.05, 0.1) is 29.2 Å². The molecular weight excluding hydrogens is 774 g/mol. The van der Waals surface area contributed by atoms with Crippen LogP contribution in [0.1, 0.15) is 103 Å². The number of H-pyrrole nitrogens is 1. The first-order valence-corrected chi connectivity index (χ1v) is 19.5. The summed E-state index contributed by atoms with van der Waals surface area (Å²) < 4.78 is 7.06. The molecule has 0 saturated heterocycles. The predicted octanol–water partition coefficient (Wildman–Crippen LogP) is 7.58. The van der Waals surface area contributed by atoms with E-state index in [1.54, 1.807) is 18.2 Å². The Labute approximate surface area is 329 Å². The van der Waals surface area contributed by atoms with Crippen molar-refractivity contribution in [2.75, 3.05) is 0 Å². The maximum atomic E-state index is 14.4. The number of aliphatic imine (C=N–C) groups is 1. The molecule has 3 aromatic carbocycles. The maximum absolute atomic E-state index is 14.4. The van der Waals surface area contributed by atoms with Gasteiger partial charge >= 0.3 is 0 Å².